The van der Waals surface area contributed by atoms with E-state index in [9.17, 15) is 26.3 Å². The maximum absolute atomic E-state index is 15.0. The molecule has 2 aromatic carbocycles. The lowest BCUT2D eigenvalue weighted by molar-refractivity contribution is 0.264. The molecule has 1 saturated carbocycles. The van der Waals surface area contributed by atoms with E-state index in [1.807, 2.05) is 6.92 Å². The number of unbranched alkanes of at least 4 members (excludes halogenated alkanes) is 6. The molecule has 0 N–H and O–H groups in total. The van der Waals surface area contributed by atoms with Crippen molar-refractivity contribution in [1.29, 1.82) is 0 Å². The predicted octanol–water partition coefficient (Wildman–Crippen LogP) is 11.2. The lowest BCUT2D eigenvalue weighted by Crippen LogP contribution is -2.13. The standard InChI is InChI=1S/C32H38F8O/c1-3-5-7-8-10-18-41-32-30(39)28(37)23(29(38)31(32)40)22-26(35)24(33)21(25(34)27(22)36)17-16-20-14-12-19(13-15-20)11-9-6-4-2/h16-17,19-20H,3-15,18H2,1-2H3/b17-16+. The minimum atomic E-state index is -2.22. The van der Waals surface area contributed by atoms with Gasteiger partial charge in [0, 0.05) is 0 Å². The molecule has 0 heterocycles. The first-order chi connectivity index (χ1) is 19.6. The van der Waals surface area contributed by atoms with E-state index in [-0.39, 0.29) is 12.5 Å². The molecule has 0 aliphatic heterocycles. The van der Waals surface area contributed by atoms with Crippen LogP contribution >= 0.6 is 0 Å². The van der Waals surface area contributed by atoms with Crippen LogP contribution in [0.15, 0.2) is 6.08 Å². The first-order valence-electron chi connectivity index (χ1n) is 14.7. The van der Waals surface area contributed by atoms with Gasteiger partial charge in [-0.3, -0.25) is 0 Å². The number of ether oxygens (including phenoxy) is 1. The van der Waals surface area contributed by atoms with E-state index < -0.39 is 69.0 Å². The Morgan fingerprint density at radius 2 is 1.07 bits per heavy atom. The van der Waals surface area contributed by atoms with Gasteiger partial charge in [-0.15, -0.1) is 0 Å². The van der Waals surface area contributed by atoms with Crippen LogP contribution in [0, 0.1) is 58.4 Å². The van der Waals surface area contributed by atoms with Crippen molar-refractivity contribution in [3.05, 3.63) is 58.2 Å². The lowest BCUT2D eigenvalue weighted by atomic mass is 9.79. The quantitative estimate of drug-likeness (QED) is 0.121. The van der Waals surface area contributed by atoms with Crippen molar-refractivity contribution in [2.24, 2.45) is 11.8 Å². The Bertz CT molecular complexity index is 1140. The molecule has 9 heteroatoms. The van der Waals surface area contributed by atoms with Crippen LogP contribution in [-0.2, 0) is 0 Å². The largest absolute Gasteiger partial charge is 0.487 e. The molecular weight excluding hydrogens is 552 g/mol. The molecule has 1 aliphatic rings. The summed E-state index contributed by atoms with van der Waals surface area (Å²) in [6.07, 6.45) is 14.0. The van der Waals surface area contributed by atoms with Crippen molar-refractivity contribution in [2.45, 2.75) is 97.3 Å². The zero-order valence-corrected chi connectivity index (χ0v) is 23.6. The fraction of sp³-hybridized carbons (Fsp3) is 0.562. The van der Waals surface area contributed by atoms with E-state index in [0.29, 0.717) is 18.8 Å². The minimum absolute atomic E-state index is 0.0562. The van der Waals surface area contributed by atoms with Crippen LogP contribution in [0.4, 0.5) is 35.1 Å². The third-order valence-corrected chi connectivity index (χ3v) is 7.91. The van der Waals surface area contributed by atoms with Crippen LogP contribution in [0.3, 0.4) is 0 Å². The van der Waals surface area contributed by atoms with Crippen LogP contribution in [0.2, 0.25) is 0 Å². The SMILES string of the molecule is CCCCCCCOc1c(F)c(F)c(-c2c(F)c(F)c(/C=C/C3CCC(CCCCC)CC3)c(F)c2F)c(F)c1F. The minimum Gasteiger partial charge on any atom is -0.487 e. The molecule has 0 atom stereocenters. The molecule has 3 rings (SSSR count). The predicted molar refractivity (Wildman–Crippen MR) is 144 cm³/mol. The summed E-state index contributed by atoms with van der Waals surface area (Å²) in [5.74, 6) is -17.6. The van der Waals surface area contributed by atoms with Gasteiger partial charge >= 0.3 is 0 Å². The van der Waals surface area contributed by atoms with Gasteiger partial charge in [-0.25, -0.2) is 26.3 Å². The Balaban J connectivity index is 1.84. The Morgan fingerprint density at radius 1 is 0.585 bits per heavy atom. The Labute approximate surface area is 237 Å². The number of rotatable bonds is 14. The second kappa shape index (κ2) is 15.6. The molecule has 228 valence electrons. The first kappa shape index (κ1) is 32.9. The van der Waals surface area contributed by atoms with Gasteiger partial charge in [-0.1, -0.05) is 77.4 Å². The van der Waals surface area contributed by atoms with Crippen molar-refractivity contribution in [2.75, 3.05) is 6.61 Å². The van der Waals surface area contributed by atoms with E-state index in [1.165, 1.54) is 6.08 Å². The second-order valence-corrected chi connectivity index (χ2v) is 10.9. The van der Waals surface area contributed by atoms with E-state index in [2.05, 4.69) is 6.92 Å². The fourth-order valence-corrected chi connectivity index (χ4v) is 5.44. The molecule has 0 aromatic heterocycles. The van der Waals surface area contributed by atoms with Crippen molar-refractivity contribution >= 4 is 6.08 Å². The molecule has 1 aliphatic carbocycles. The average Bonchev–Trinajstić information content (AvgIpc) is 2.97. The molecule has 1 fully saturated rings. The van der Waals surface area contributed by atoms with Gasteiger partial charge in [0.25, 0.3) is 0 Å². The summed E-state index contributed by atoms with van der Waals surface area (Å²) in [6, 6.07) is 0. The maximum Gasteiger partial charge on any atom is 0.204 e. The summed E-state index contributed by atoms with van der Waals surface area (Å²) < 4.78 is 124. The third kappa shape index (κ3) is 7.83. The Hall–Kier alpha value is -2.58. The second-order valence-electron chi connectivity index (χ2n) is 10.9. The molecular formula is C32H38F8O. The van der Waals surface area contributed by atoms with Gasteiger partial charge in [-0.05, 0) is 43.9 Å². The van der Waals surface area contributed by atoms with Crippen LogP contribution in [0.5, 0.6) is 5.75 Å². The summed E-state index contributed by atoms with van der Waals surface area (Å²) >= 11 is 0. The van der Waals surface area contributed by atoms with Gasteiger partial charge in [0.15, 0.2) is 40.7 Å². The molecule has 0 spiro atoms. The summed E-state index contributed by atoms with van der Waals surface area (Å²) in [7, 11) is 0. The van der Waals surface area contributed by atoms with E-state index in [1.54, 1.807) is 0 Å². The molecule has 0 bridgehead atoms. The highest BCUT2D eigenvalue weighted by Crippen LogP contribution is 2.41. The number of hydrogen-bond donors (Lipinski definition) is 0. The summed E-state index contributed by atoms with van der Waals surface area (Å²) in [4.78, 5) is 0. The number of halogens is 8. The molecule has 1 nitrogen and oxygen atoms in total. The fourth-order valence-electron chi connectivity index (χ4n) is 5.44. The molecule has 0 radical (unpaired) electrons. The van der Waals surface area contributed by atoms with Crippen LogP contribution in [0.25, 0.3) is 17.2 Å². The number of allylic oxidation sites excluding steroid dienone is 1. The van der Waals surface area contributed by atoms with E-state index in [4.69, 9.17) is 4.74 Å². The highest BCUT2D eigenvalue weighted by Gasteiger charge is 2.34. The average molecular weight is 591 g/mol. The zero-order valence-electron chi connectivity index (χ0n) is 23.6. The Morgan fingerprint density at radius 3 is 1.61 bits per heavy atom. The van der Waals surface area contributed by atoms with Crippen molar-refractivity contribution in [3.63, 3.8) is 0 Å². The lowest BCUT2D eigenvalue weighted by Gasteiger charge is -2.26. The molecule has 0 saturated heterocycles. The van der Waals surface area contributed by atoms with Gasteiger partial charge < -0.3 is 4.74 Å². The van der Waals surface area contributed by atoms with Gasteiger partial charge in [0.05, 0.1) is 23.3 Å². The first-order valence-corrected chi connectivity index (χ1v) is 14.7. The summed E-state index contributed by atoms with van der Waals surface area (Å²) in [5, 5.41) is 0. The zero-order chi connectivity index (χ0) is 30.1. The normalized spacial score (nSPS) is 17.5. The number of benzene rings is 2. The molecule has 41 heavy (non-hydrogen) atoms. The topological polar surface area (TPSA) is 9.23 Å². The van der Waals surface area contributed by atoms with Gasteiger partial charge in [0.1, 0.15) is 0 Å². The van der Waals surface area contributed by atoms with Crippen molar-refractivity contribution in [1.82, 2.24) is 0 Å². The summed E-state index contributed by atoms with van der Waals surface area (Å²) in [6.45, 7) is 3.86. The Kier molecular flexibility index (Phi) is 12.5. The third-order valence-electron chi connectivity index (χ3n) is 7.91. The highest BCUT2D eigenvalue weighted by molar-refractivity contribution is 5.70. The van der Waals surface area contributed by atoms with E-state index >= 15 is 8.78 Å². The molecule has 0 unspecified atom stereocenters. The molecule has 0 amide bonds. The van der Waals surface area contributed by atoms with Crippen molar-refractivity contribution in [3.8, 4) is 16.9 Å². The summed E-state index contributed by atoms with van der Waals surface area (Å²) in [5.41, 5.74) is -4.83. The maximum atomic E-state index is 15.0. The van der Waals surface area contributed by atoms with Crippen LogP contribution in [-0.4, -0.2) is 6.61 Å². The monoisotopic (exact) mass is 590 g/mol. The van der Waals surface area contributed by atoms with Gasteiger partial charge in [-0.2, -0.15) is 8.78 Å². The van der Waals surface area contributed by atoms with Crippen LogP contribution < -0.4 is 4.74 Å². The number of hydrogen-bond acceptors (Lipinski definition) is 1. The van der Waals surface area contributed by atoms with Crippen LogP contribution in [0.1, 0.15) is 103 Å². The van der Waals surface area contributed by atoms with E-state index in [0.717, 1.165) is 76.7 Å². The van der Waals surface area contributed by atoms with Gasteiger partial charge in [0.2, 0.25) is 11.6 Å². The van der Waals surface area contributed by atoms with Crippen molar-refractivity contribution < 1.29 is 39.9 Å². The smallest absolute Gasteiger partial charge is 0.204 e. The highest BCUT2D eigenvalue weighted by atomic mass is 19.2. The molecule has 2 aromatic rings.